The largest absolute Gasteiger partial charge is 0.497 e. The van der Waals surface area contributed by atoms with E-state index in [4.69, 9.17) is 11.2 Å². The molecule has 0 aliphatic carbocycles. The van der Waals surface area contributed by atoms with E-state index in [0.29, 0.717) is 16.0 Å². The Morgan fingerprint density at radius 2 is 2.00 bits per heavy atom. The van der Waals surface area contributed by atoms with Crippen LogP contribution < -0.4 is 9.54 Å². The Hall–Kier alpha value is -3.16. The molecule has 0 fully saturated rings. The summed E-state index contributed by atoms with van der Waals surface area (Å²) in [5.74, 6) is 2.96. The summed E-state index contributed by atoms with van der Waals surface area (Å²) in [6.45, 7) is 0.0782. The maximum absolute atomic E-state index is 12.6. The molecule has 0 saturated carbocycles. The first-order valence-corrected chi connectivity index (χ1v) is 9.77. The van der Waals surface area contributed by atoms with Crippen LogP contribution in [0, 0.1) is 22.5 Å². The highest BCUT2D eigenvalue weighted by atomic mass is 32.2. The predicted molar refractivity (Wildman–Crippen MR) is 101 cm³/mol. The molecule has 1 aromatic heterocycles. The first kappa shape index (κ1) is 18.6. The van der Waals surface area contributed by atoms with Gasteiger partial charge in [-0.3, -0.25) is 10.1 Å². The van der Waals surface area contributed by atoms with Crippen LogP contribution in [0.3, 0.4) is 0 Å². The lowest BCUT2D eigenvalue weighted by molar-refractivity contribution is -0.384. The zero-order chi connectivity index (χ0) is 19.6. The van der Waals surface area contributed by atoms with Crippen LogP contribution in [-0.2, 0) is 16.6 Å². The van der Waals surface area contributed by atoms with E-state index in [1.807, 2.05) is 0 Å². The van der Waals surface area contributed by atoms with Crippen LogP contribution in [0.15, 0.2) is 51.8 Å². The molecule has 0 aliphatic heterocycles. The topological polar surface area (TPSA) is 104 Å². The van der Waals surface area contributed by atoms with Crippen molar-refractivity contribution in [2.75, 3.05) is 7.11 Å². The van der Waals surface area contributed by atoms with E-state index in [2.05, 4.69) is 10.3 Å². The number of terminal acetylenes is 1. The summed E-state index contributed by atoms with van der Waals surface area (Å²) < 4.78 is 36.2. The minimum atomic E-state index is -4.00. The van der Waals surface area contributed by atoms with Crippen LogP contribution >= 0.6 is 11.3 Å². The smallest absolute Gasteiger partial charge is 0.285 e. The van der Waals surface area contributed by atoms with Crippen molar-refractivity contribution in [2.45, 2.75) is 11.4 Å². The van der Waals surface area contributed by atoms with Gasteiger partial charge < -0.3 is 9.30 Å². The Bertz CT molecular complexity index is 1230. The quantitative estimate of drug-likeness (QED) is 0.370. The summed E-state index contributed by atoms with van der Waals surface area (Å²) in [7, 11) is -2.52. The monoisotopic (exact) mass is 403 g/mol. The first-order chi connectivity index (χ1) is 12.9. The van der Waals surface area contributed by atoms with E-state index in [1.165, 1.54) is 54.1 Å². The molecule has 1 heterocycles. The highest BCUT2D eigenvalue weighted by molar-refractivity contribution is 7.90. The van der Waals surface area contributed by atoms with E-state index in [9.17, 15) is 18.5 Å². The fourth-order valence-corrected chi connectivity index (χ4v) is 4.66. The van der Waals surface area contributed by atoms with Gasteiger partial charge in [-0.15, -0.1) is 10.8 Å². The van der Waals surface area contributed by atoms with Crippen molar-refractivity contribution in [1.82, 2.24) is 4.57 Å². The van der Waals surface area contributed by atoms with Crippen LogP contribution in [0.1, 0.15) is 0 Å². The molecule has 0 radical (unpaired) electrons. The van der Waals surface area contributed by atoms with Crippen LogP contribution in [0.2, 0.25) is 0 Å². The van der Waals surface area contributed by atoms with E-state index in [0.717, 1.165) is 11.3 Å². The molecule has 0 bridgehead atoms. The Morgan fingerprint density at radius 1 is 1.30 bits per heavy atom. The molecule has 3 aromatic rings. The minimum absolute atomic E-state index is 0.000931. The summed E-state index contributed by atoms with van der Waals surface area (Å²) in [5, 5.41) is 11.0. The summed E-state index contributed by atoms with van der Waals surface area (Å²) in [4.78, 5) is 10.6. The number of hydrogen-bond donors (Lipinski definition) is 0. The molecule has 27 heavy (non-hydrogen) atoms. The van der Waals surface area contributed by atoms with Gasteiger partial charge in [-0.05, 0) is 30.3 Å². The van der Waals surface area contributed by atoms with Gasteiger partial charge >= 0.3 is 0 Å². The van der Waals surface area contributed by atoms with Gasteiger partial charge in [-0.25, -0.2) is 0 Å². The van der Waals surface area contributed by atoms with Gasteiger partial charge in [0.1, 0.15) is 5.75 Å². The number of methoxy groups -OCH3 is 1. The van der Waals surface area contributed by atoms with Crippen LogP contribution in [0.4, 0.5) is 5.69 Å². The highest BCUT2D eigenvalue weighted by Crippen LogP contribution is 2.24. The Balaban J connectivity index is 2.20. The fourth-order valence-electron chi connectivity index (χ4n) is 2.39. The number of non-ortho nitro benzene ring substituents is 1. The van der Waals surface area contributed by atoms with Gasteiger partial charge in [0.25, 0.3) is 15.7 Å². The number of aromatic nitrogens is 1. The second-order valence-electron chi connectivity index (χ2n) is 5.33. The number of fused-ring (bicyclic) bond motifs is 1. The normalized spacial score (nSPS) is 12.1. The molecule has 0 amide bonds. The van der Waals surface area contributed by atoms with Crippen molar-refractivity contribution in [3.63, 3.8) is 0 Å². The van der Waals surface area contributed by atoms with E-state index >= 15 is 0 Å². The van der Waals surface area contributed by atoms with Gasteiger partial charge in [-0.1, -0.05) is 17.3 Å². The summed E-state index contributed by atoms with van der Waals surface area (Å²) in [6.07, 6.45) is 5.39. The standard InChI is InChI=1S/C17H13N3O5S2/c1-3-10-19-15-9-4-12(20(21)22)11-16(15)26-17(19)18-27(23,24)14-7-5-13(25-2)6-8-14/h1,4-9,11H,10H2,2H3/b18-17-. The summed E-state index contributed by atoms with van der Waals surface area (Å²) in [6, 6.07) is 10.1. The number of nitro groups is 1. The molecule has 0 unspecified atom stereocenters. The maximum atomic E-state index is 12.6. The van der Waals surface area contributed by atoms with E-state index < -0.39 is 14.9 Å². The number of rotatable bonds is 5. The van der Waals surface area contributed by atoms with Gasteiger partial charge in [0.05, 0.1) is 33.7 Å². The molecular formula is C17H13N3O5S2. The second-order valence-corrected chi connectivity index (χ2v) is 7.94. The average molecular weight is 403 g/mol. The van der Waals surface area contributed by atoms with Crippen LogP contribution in [-0.4, -0.2) is 25.0 Å². The first-order valence-electron chi connectivity index (χ1n) is 7.52. The Labute approximate surface area is 158 Å². The lowest BCUT2D eigenvalue weighted by Crippen LogP contribution is -2.16. The number of nitro benzene ring substituents is 1. The van der Waals surface area contributed by atoms with Crippen LogP contribution in [0.25, 0.3) is 10.2 Å². The van der Waals surface area contributed by atoms with Crippen molar-refractivity contribution in [1.29, 1.82) is 0 Å². The number of sulfonamides is 1. The number of benzene rings is 2. The fraction of sp³-hybridized carbons (Fsp3) is 0.118. The number of ether oxygens (including phenoxy) is 1. The van der Waals surface area contributed by atoms with Crippen molar-refractivity contribution in [3.05, 3.63) is 57.4 Å². The predicted octanol–water partition coefficient (Wildman–Crippen LogP) is 2.54. The van der Waals surface area contributed by atoms with Gasteiger partial charge in [0, 0.05) is 12.1 Å². The molecule has 3 rings (SSSR count). The van der Waals surface area contributed by atoms with E-state index in [1.54, 1.807) is 0 Å². The number of hydrogen-bond acceptors (Lipinski definition) is 6. The minimum Gasteiger partial charge on any atom is -0.497 e. The summed E-state index contributed by atoms with van der Waals surface area (Å²) >= 11 is 1.02. The third-order valence-corrected chi connectivity index (χ3v) is 6.12. The zero-order valence-electron chi connectivity index (χ0n) is 14.0. The maximum Gasteiger partial charge on any atom is 0.285 e. The average Bonchev–Trinajstić information content (AvgIpc) is 2.98. The molecule has 10 heteroatoms. The SMILES string of the molecule is C#CCn1/c(=N/S(=O)(=O)c2ccc(OC)cc2)sc2cc([N+](=O)[O-])ccc21. The lowest BCUT2D eigenvalue weighted by atomic mass is 10.3. The molecule has 0 saturated heterocycles. The third-order valence-electron chi connectivity index (χ3n) is 3.68. The molecule has 0 spiro atoms. The molecule has 2 aromatic carbocycles. The second kappa shape index (κ2) is 7.22. The molecule has 8 nitrogen and oxygen atoms in total. The molecule has 0 aliphatic rings. The summed E-state index contributed by atoms with van der Waals surface area (Å²) in [5.41, 5.74) is 0.480. The van der Waals surface area contributed by atoms with Gasteiger partial charge in [-0.2, -0.15) is 8.42 Å². The number of nitrogens with zero attached hydrogens (tertiary/aromatic N) is 3. The molecule has 138 valence electrons. The third kappa shape index (κ3) is 3.69. The Morgan fingerprint density at radius 3 is 2.59 bits per heavy atom. The number of thiazole rings is 1. The molecule has 0 atom stereocenters. The van der Waals surface area contributed by atoms with Crippen molar-refractivity contribution in [2.24, 2.45) is 4.40 Å². The highest BCUT2D eigenvalue weighted by Gasteiger charge is 2.16. The van der Waals surface area contributed by atoms with Crippen molar-refractivity contribution >= 4 is 37.3 Å². The van der Waals surface area contributed by atoms with Crippen LogP contribution in [0.5, 0.6) is 5.75 Å². The lowest BCUT2D eigenvalue weighted by Gasteiger charge is -2.02. The van der Waals surface area contributed by atoms with E-state index in [-0.39, 0.29) is 21.9 Å². The zero-order valence-corrected chi connectivity index (χ0v) is 15.7. The van der Waals surface area contributed by atoms with Crippen molar-refractivity contribution in [3.8, 4) is 18.1 Å². The Kier molecular flexibility index (Phi) is 4.98. The molecule has 0 N–H and O–H groups in total. The van der Waals surface area contributed by atoms with Gasteiger partial charge in [0.2, 0.25) is 4.80 Å². The molecular weight excluding hydrogens is 390 g/mol. The van der Waals surface area contributed by atoms with Crippen molar-refractivity contribution < 1.29 is 18.1 Å². The van der Waals surface area contributed by atoms with Gasteiger partial charge in [0.15, 0.2) is 0 Å².